The van der Waals surface area contributed by atoms with Crippen molar-refractivity contribution in [2.45, 2.75) is 0 Å². The summed E-state index contributed by atoms with van der Waals surface area (Å²) < 4.78 is 0. The molecule has 86 valence electrons. The molecule has 0 unspecified atom stereocenters. The summed E-state index contributed by atoms with van der Waals surface area (Å²) in [7, 11) is 0. The fourth-order valence-electron chi connectivity index (χ4n) is 1.51. The molecule has 3 N–H and O–H groups in total. The van der Waals surface area contributed by atoms with Crippen LogP contribution in [0.15, 0.2) is 48.5 Å². The summed E-state index contributed by atoms with van der Waals surface area (Å²) in [5, 5.41) is 13.8. The molecule has 0 bridgehead atoms. The molecule has 0 aliphatic heterocycles. The van der Waals surface area contributed by atoms with Crippen LogP contribution in [0.1, 0.15) is 0 Å². The van der Waals surface area contributed by atoms with Crippen molar-refractivity contribution in [2.24, 2.45) is 0 Å². The van der Waals surface area contributed by atoms with Gasteiger partial charge in [0.1, 0.15) is 5.69 Å². The lowest BCUT2D eigenvalue weighted by Gasteiger charge is -2.09. The SMILES string of the molecule is Nc1cccc([N+](=O)[O-])c1Nc1ccccc1. The van der Waals surface area contributed by atoms with Gasteiger partial charge in [0, 0.05) is 11.8 Å². The Morgan fingerprint density at radius 1 is 1.06 bits per heavy atom. The molecular formula is C12H11N3O2. The normalized spacial score (nSPS) is 9.88. The minimum Gasteiger partial charge on any atom is -0.397 e. The Bertz CT molecular complexity index is 541. The van der Waals surface area contributed by atoms with Crippen LogP contribution >= 0.6 is 0 Å². The van der Waals surface area contributed by atoms with Gasteiger partial charge in [0.25, 0.3) is 5.69 Å². The molecule has 0 saturated heterocycles. The summed E-state index contributed by atoms with van der Waals surface area (Å²) >= 11 is 0. The van der Waals surface area contributed by atoms with E-state index >= 15 is 0 Å². The Labute approximate surface area is 98.0 Å². The van der Waals surface area contributed by atoms with Crippen LogP contribution in [0.2, 0.25) is 0 Å². The quantitative estimate of drug-likeness (QED) is 0.481. The second-order valence-electron chi connectivity index (χ2n) is 3.49. The smallest absolute Gasteiger partial charge is 0.294 e. The first kappa shape index (κ1) is 10.9. The van der Waals surface area contributed by atoms with Crippen LogP contribution in [0.3, 0.4) is 0 Å². The first-order valence-corrected chi connectivity index (χ1v) is 5.03. The molecule has 0 saturated carbocycles. The molecule has 0 radical (unpaired) electrons. The Morgan fingerprint density at radius 2 is 1.76 bits per heavy atom. The molecule has 5 heteroatoms. The molecule has 0 amide bonds. The minimum atomic E-state index is -0.457. The van der Waals surface area contributed by atoms with Gasteiger partial charge in [-0.2, -0.15) is 0 Å². The number of nitro benzene ring substituents is 1. The maximum absolute atomic E-state index is 10.9. The Hall–Kier alpha value is -2.56. The van der Waals surface area contributed by atoms with Gasteiger partial charge in [-0.05, 0) is 18.2 Å². The van der Waals surface area contributed by atoms with Crippen molar-refractivity contribution < 1.29 is 4.92 Å². The van der Waals surface area contributed by atoms with Crippen molar-refractivity contribution in [3.05, 3.63) is 58.6 Å². The fraction of sp³-hybridized carbons (Fsp3) is 0. The van der Waals surface area contributed by atoms with Crippen molar-refractivity contribution in [3.63, 3.8) is 0 Å². The summed E-state index contributed by atoms with van der Waals surface area (Å²) in [6, 6.07) is 13.8. The van der Waals surface area contributed by atoms with E-state index in [9.17, 15) is 10.1 Å². The first-order chi connectivity index (χ1) is 8.18. The lowest BCUT2D eigenvalue weighted by atomic mass is 10.2. The summed E-state index contributed by atoms with van der Waals surface area (Å²) in [5.74, 6) is 0. The van der Waals surface area contributed by atoms with Gasteiger partial charge in [-0.3, -0.25) is 10.1 Å². The molecule has 0 spiro atoms. The predicted octanol–water partition coefficient (Wildman–Crippen LogP) is 2.92. The van der Waals surface area contributed by atoms with Crippen LogP contribution in [-0.4, -0.2) is 4.92 Å². The van der Waals surface area contributed by atoms with E-state index in [-0.39, 0.29) is 5.69 Å². The largest absolute Gasteiger partial charge is 0.397 e. The minimum absolute atomic E-state index is 0.0335. The summed E-state index contributed by atoms with van der Waals surface area (Å²) in [6.07, 6.45) is 0. The van der Waals surface area contributed by atoms with E-state index in [1.54, 1.807) is 12.1 Å². The molecule has 0 aliphatic carbocycles. The summed E-state index contributed by atoms with van der Waals surface area (Å²) in [5.41, 5.74) is 7.14. The summed E-state index contributed by atoms with van der Waals surface area (Å²) in [6.45, 7) is 0. The van der Waals surface area contributed by atoms with Gasteiger partial charge < -0.3 is 11.1 Å². The van der Waals surface area contributed by atoms with Gasteiger partial charge in [0.05, 0.1) is 10.6 Å². The molecular weight excluding hydrogens is 218 g/mol. The van der Waals surface area contributed by atoms with Crippen molar-refractivity contribution in [2.75, 3.05) is 11.1 Å². The number of rotatable bonds is 3. The zero-order valence-electron chi connectivity index (χ0n) is 8.96. The van der Waals surface area contributed by atoms with Crippen LogP contribution in [0.5, 0.6) is 0 Å². The molecule has 17 heavy (non-hydrogen) atoms. The summed E-state index contributed by atoms with van der Waals surface area (Å²) in [4.78, 5) is 10.4. The van der Waals surface area contributed by atoms with E-state index in [1.807, 2.05) is 30.3 Å². The Morgan fingerprint density at radius 3 is 2.41 bits per heavy atom. The predicted molar refractivity (Wildman–Crippen MR) is 67.2 cm³/mol. The third kappa shape index (κ3) is 2.34. The first-order valence-electron chi connectivity index (χ1n) is 5.03. The number of nitrogen functional groups attached to an aromatic ring is 1. The molecule has 2 aromatic rings. The van der Waals surface area contributed by atoms with Crippen LogP contribution in [-0.2, 0) is 0 Å². The maximum Gasteiger partial charge on any atom is 0.294 e. The van der Waals surface area contributed by atoms with Gasteiger partial charge in [-0.15, -0.1) is 0 Å². The topological polar surface area (TPSA) is 81.2 Å². The monoisotopic (exact) mass is 229 g/mol. The number of hydrogen-bond acceptors (Lipinski definition) is 4. The standard InChI is InChI=1S/C12H11N3O2/c13-10-7-4-8-11(15(16)17)12(10)14-9-5-2-1-3-6-9/h1-8,14H,13H2. The van der Waals surface area contributed by atoms with Crippen LogP contribution in [0.25, 0.3) is 0 Å². The number of benzene rings is 2. The molecule has 0 fully saturated rings. The second kappa shape index (κ2) is 4.52. The highest BCUT2D eigenvalue weighted by atomic mass is 16.6. The maximum atomic E-state index is 10.9. The van der Waals surface area contributed by atoms with Gasteiger partial charge >= 0.3 is 0 Å². The van der Waals surface area contributed by atoms with E-state index in [0.29, 0.717) is 11.4 Å². The highest BCUT2D eigenvalue weighted by Gasteiger charge is 2.15. The molecule has 0 aliphatic rings. The third-order valence-corrected chi connectivity index (χ3v) is 2.31. The molecule has 0 heterocycles. The van der Waals surface area contributed by atoms with E-state index < -0.39 is 4.92 Å². The molecule has 5 nitrogen and oxygen atoms in total. The zero-order chi connectivity index (χ0) is 12.3. The van der Waals surface area contributed by atoms with Crippen LogP contribution in [0, 0.1) is 10.1 Å². The Kier molecular flexibility index (Phi) is 2.91. The number of anilines is 3. The van der Waals surface area contributed by atoms with Gasteiger partial charge in [0.2, 0.25) is 0 Å². The van der Waals surface area contributed by atoms with Crippen molar-refractivity contribution in [3.8, 4) is 0 Å². The van der Waals surface area contributed by atoms with E-state index in [1.165, 1.54) is 6.07 Å². The Balaban J connectivity index is 2.41. The van der Waals surface area contributed by atoms with Crippen LogP contribution in [0.4, 0.5) is 22.7 Å². The highest BCUT2D eigenvalue weighted by molar-refractivity contribution is 5.81. The average Bonchev–Trinajstić information content (AvgIpc) is 2.33. The van der Waals surface area contributed by atoms with Crippen molar-refractivity contribution >= 4 is 22.7 Å². The fourth-order valence-corrected chi connectivity index (χ4v) is 1.51. The van der Waals surface area contributed by atoms with E-state index in [0.717, 1.165) is 5.69 Å². The molecule has 2 aromatic carbocycles. The highest BCUT2D eigenvalue weighted by Crippen LogP contribution is 2.32. The number of nitrogens with two attached hydrogens (primary N) is 1. The second-order valence-corrected chi connectivity index (χ2v) is 3.49. The van der Waals surface area contributed by atoms with E-state index in [2.05, 4.69) is 5.32 Å². The molecule has 0 atom stereocenters. The number of nitro groups is 1. The third-order valence-electron chi connectivity index (χ3n) is 2.31. The molecule has 0 aromatic heterocycles. The number of nitrogens with zero attached hydrogens (tertiary/aromatic N) is 1. The lowest BCUT2D eigenvalue weighted by molar-refractivity contribution is -0.383. The number of hydrogen-bond donors (Lipinski definition) is 2. The van der Waals surface area contributed by atoms with Gasteiger partial charge in [0.15, 0.2) is 0 Å². The van der Waals surface area contributed by atoms with Gasteiger partial charge in [-0.25, -0.2) is 0 Å². The van der Waals surface area contributed by atoms with Crippen LogP contribution < -0.4 is 11.1 Å². The average molecular weight is 229 g/mol. The number of para-hydroxylation sites is 2. The van der Waals surface area contributed by atoms with Gasteiger partial charge in [-0.1, -0.05) is 24.3 Å². The lowest BCUT2D eigenvalue weighted by Crippen LogP contribution is -2.00. The zero-order valence-corrected chi connectivity index (χ0v) is 8.96. The van der Waals surface area contributed by atoms with Crippen molar-refractivity contribution in [1.82, 2.24) is 0 Å². The van der Waals surface area contributed by atoms with Crippen molar-refractivity contribution in [1.29, 1.82) is 0 Å². The number of nitrogens with one attached hydrogen (secondary N) is 1. The molecule has 2 rings (SSSR count). The van der Waals surface area contributed by atoms with E-state index in [4.69, 9.17) is 5.73 Å².